The van der Waals surface area contributed by atoms with Gasteiger partial charge < -0.3 is 15.4 Å². The molecule has 102 valence electrons. The maximum atomic E-state index is 12.0. The van der Waals surface area contributed by atoms with Gasteiger partial charge in [0.05, 0.1) is 0 Å². The molecule has 0 aliphatic carbocycles. The molecule has 0 aliphatic heterocycles. The highest BCUT2D eigenvalue weighted by molar-refractivity contribution is 5.98. The van der Waals surface area contributed by atoms with Crippen LogP contribution in [0, 0.1) is 12.8 Å². The van der Waals surface area contributed by atoms with E-state index in [2.05, 4.69) is 10.3 Å². The number of H-pyrrole nitrogens is 1. The Morgan fingerprint density at radius 3 is 2.95 bits per heavy atom. The van der Waals surface area contributed by atoms with Crippen LogP contribution in [-0.2, 0) is 0 Å². The van der Waals surface area contributed by atoms with E-state index in [0.29, 0.717) is 18.7 Å². The standard InChI is InChI=1S/C15H20N2O2/c1-10-3-4-12-8-14(17-13(12)7-10)15(19)16-9-11(2)5-6-18/h3-4,7-8,11,17-18H,5-6,9H2,1-2H3,(H,16,19). The summed E-state index contributed by atoms with van der Waals surface area (Å²) in [5.74, 6) is 0.180. The largest absolute Gasteiger partial charge is 0.396 e. The van der Waals surface area contributed by atoms with Crippen LogP contribution in [0.2, 0.25) is 0 Å². The average Bonchev–Trinajstić information content (AvgIpc) is 2.79. The molecule has 1 atom stereocenters. The van der Waals surface area contributed by atoms with Crippen LogP contribution in [0.15, 0.2) is 24.3 Å². The fourth-order valence-electron chi connectivity index (χ4n) is 2.05. The number of carbonyl (C=O) groups is 1. The van der Waals surface area contributed by atoms with Gasteiger partial charge in [0, 0.05) is 24.1 Å². The van der Waals surface area contributed by atoms with Crippen molar-refractivity contribution in [2.45, 2.75) is 20.3 Å². The van der Waals surface area contributed by atoms with E-state index in [1.807, 2.05) is 38.1 Å². The van der Waals surface area contributed by atoms with Gasteiger partial charge in [0.1, 0.15) is 5.69 Å². The summed E-state index contributed by atoms with van der Waals surface area (Å²) in [6, 6.07) is 7.93. The molecular weight excluding hydrogens is 240 g/mol. The van der Waals surface area contributed by atoms with Gasteiger partial charge in [0.25, 0.3) is 5.91 Å². The summed E-state index contributed by atoms with van der Waals surface area (Å²) in [6.07, 6.45) is 0.701. The average molecular weight is 260 g/mol. The molecule has 1 heterocycles. The molecule has 2 rings (SSSR count). The van der Waals surface area contributed by atoms with Crippen molar-refractivity contribution in [3.05, 3.63) is 35.5 Å². The van der Waals surface area contributed by atoms with E-state index in [-0.39, 0.29) is 18.4 Å². The number of carbonyl (C=O) groups excluding carboxylic acids is 1. The molecule has 2 aromatic rings. The van der Waals surface area contributed by atoms with Gasteiger partial charge in [-0.15, -0.1) is 0 Å². The van der Waals surface area contributed by atoms with E-state index in [1.165, 1.54) is 0 Å². The van der Waals surface area contributed by atoms with Crippen molar-refractivity contribution in [1.29, 1.82) is 0 Å². The molecule has 0 fully saturated rings. The van der Waals surface area contributed by atoms with Gasteiger partial charge in [0.15, 0.2) is 0 Å². The van der Waals surface area contributed by atoms with Gasteiger partial charge in [-0.3, -0.25) is 4.79 Å². The molecule has 0 saturated carbocycles. The van der Waals surface area contributed by atoms with Crippen molar-refractivity contribution >= 4 is 16.8 Å². The lowest BCUT2D eigenvalue weighted by Crippen LogP contribution is -2.28. The maximum Gasteiger partial charge on any atom is 0.267 e. The molecule has 0 radical (unpaired) electrons. The predicted molar refractivity (Wildman–Crippen MR) is 76.2 cm³/mol. The molecular formula is C15H20N2O2. The van der Waals surface area contributed by atoms with E-state index in [4.69, 9.17) is 5.11 Å². The molecule has 0 spiro atoms. The third kappa shape index (κ3) is 3.35. The van der Waals surface area contributed by atoms with Crippen molar-refractivity contribution in [1.82, 2.24) is 10.3 Å². The van der Waals surface area contributed by atoms with Crippen molar-refractivity contribution < 1.29 is 9.90 Å². The first-order valence-corrected chi connectivity index (χ1v) is 6.58. The van der Waals surface area contributed by atoms with Crippen LogP contribution in [0.3, 0.4) is 0 Å². The number of nitrogens with one attached hydrogen (secondary N) is 2. The summed E-state index contributed by atoms with van der Waals surface area (Å²) in [4.78, 5) is 15.1. The highest BCUT2D eigenvalue weighted by Crippen LogP contribution is 2.16. The number of aromatic nitrogens is 1. The van der Waals surface area contributed by atoms with Gasteiger partial charge in [-0.25, -0.2) is 0 Å². The number of aryl methyl sites for hydroxylation is 1. The second-order valence-corrected chi connectivity index (χ2v) is 5.10. The Bertz CT molecular complexity index is 575. The first-order valence-electron chi connectivity index (χ1n) is 6.58. The number of aliphatic hydroxyl groups is 1. The Hall–Kier alpha value is -1.81. The Kier molecular flexibility index (Phi) is 4.22. The minimum Gasteiger partial charge on any atom is -0.396 e. The van der Waals surface area contributed by atoms with Crippen LogP contribution in [0.25, 0.3) is 10.9 Å². The van der Waals surface area contributed by atoms with Crippen molar-refractivity contribution in [2.24, 2.45) is 5.92 Å². The first kappa shape index (κ1) is 13.6. The van der Waals surface area contributed by atoms with Crippen molar-refractivity contribution in [3.63, 3.8) is 0 Å². The fraction of sp³-hybridized carbons (Fsp3) is 0.400. The summed E-state index contributed by atoms with van der Waals surface area (Å²) < 4.78 is 0. The third-order valence-corrected chi connectivity index (χ3v) is 3.26. The SMILES string of the molecule is Cc1ccc2cc(C(=O)NCC(C)CCO)[nH]c2c1. The number of fused-ring (bicyclic) bond motifs is 1. The number of aromatic amines is 1. The van der Waals surface area contributed by atoms with E-state index in [1.54, 1.807) is 0 Å². The first-order chi connectivity index (χ1) is 9.10. The molecule has 3 N–H and O–H groups in total. The van der Waals surface area contributed by atoms with Gasteiger partial charge >= 0.3 is 0 Å². The van der Waals surface area contributed by atoms with Crippen molar-refractivity contribution in [2.75, 3.05) is 13.2 Å². The molecule has 19 heavy (non-hydrogen) atoms. The molecule has 4 nitrogen and oxygen atoms in total. The second-order valence-electron chi connectivity index (χ2n) is 5.10. The van der Waals surface area contributed by atoms with E-state index in [9.17, 15) is 4.79 Å². The Balaban J connectivity index is 2.05. The van der Waals surface area contributed by atoms with Gasteiger partial charge in [0.2, 0.25) is 0 Å². The lowest BCUT2D eigenvalue weighted by atomic mass is 10.1. The number of benzene rings is 1. The monoisotopic (exact) mass is 260 g/mol. The van der Waals surface area contributed by atoms with Crippen LogP contribution in [-0.4, -0.2) is 29.1 Å². The van der Waals surface area contributed by atoms with Crippen LogP contribution in [0.1, 0.15) is 29.4 Å². The molecule has 4 heteroatoms. The van der Waals surface area contributed by atoms with E-state index >= 15 is 0 Å². The quantitative estimate of drug-likeness (QED) is 0.771. The third-order valence-electron chi connectivity index (χ3n) is 3.26. The summed E-state index contributed by atoms with van der Waals surface area (Å²) in [5, 5.41) is 12.7. The molecule has 1 aromatic carbocycles. The lowest BCUT2D eigenvalue weighted by Gasteiger charge is -2.10. The molecule has 1 amide bonds. The molecule has 0 saturated heterocycles. The second kappa shape index (κ2) is 5.89. The maximum absolute atomic E-state index is 12.0. The number of hydrogen-bond donors (Lipinski definition) is 3. The van der Waals surface area contributed by atoms with E-state index in [0.717, 1.165) is 16.5 Å². The number of amides is 1. The van der Waals surface area contributed by atoms with Crippen LogP contribution >= 0.6 is 0 Å². The van der Waals surface area contributed by atoms with Gasteiger partial charge in [-0.1, -0.05) is 19.1 Å². The summed E-state index contributed by atoms with van der Waals surface area (Å²) >= 11 is 0. The zero-order chi connectivity index (χ0) is 13.8. The van der Waals surface area contributed by atoms with E-state index < -0.39 is 0 Å². The number of aliphatic hydroxyl groups excluding tert-OH is 1. The zero-order valence-electron chi connectivity index (χ0n) is 11.4. The predicted octanol–water partition coefficient (Wildman–Crippen LogP) is 2.22. The highest BCUT2D eigenvalue weighted by atomic mass is 16.3. The molecule has 0 aliphatic rings. The van der Waals surface area contributed by atoms with Gasteiger partial charge in [-0.2, -0.15) is 0 Å². The smallest absolute Gasteiger partial charge is 0.267 e. The molecule has 1 aromatic heterocycles. The fourth-order valence-corrected chi connectivity index (χ4v) is 2.05. The van der Waals surface area contributed by atoms with Crippen LogP contribution in [0.4, 0.5) is 0 Å². The summed E-state index contributed by atoms with van der Waals surface area (Å²) in [7, 11) is 0. The Morgan fingerprint density at radius 2 is 2.21 bits per heavy atom. The molecule has 1 unspecified atom stereocenters. The van der Waals surface area contributed by atoms with Gasteiger partial charge in [-0.05, 0) is 37.0 Å². The summed E-state index contributed by atoms with van der Waals surface area (Å²) in [6.45, 7) is 4.76. The number of hydrogen-bond acceptors (Lipinski definition) is 2. The normalized spacial score (nSPS) is 12.6. The topological polar surface area (TPSA) is 65.1 Å². The Labute approximate surface area is 112 Å². The number of rotatable bonds is 5. The summed E-state index contributed by atoms with van der Waals surface area (Å²) in [5.41, 5.74) is 2.73. The van der Waals surface area contributed by atoms with Crippen LogP contribution in [0.5, 0.6) is 0 Å². The molecule has 0 bridgehead atoms. The Morgan fingerprint density at radius 1 is 1.42 bits per heavy atom. The minimum atomic E-state index is -0.0985. The lowest BCUT2D eigenvalue weighted by molar-refractivity contribution is 0.0941. The highest BCUT2D eigenvalue weighted by Gasteiger charge is 2.10. The van der Waals surface area contributed by atoms with Crippen LogP contribution < -0.4 is 5.32 Å². The van der Waals surface area contributed by atoms with Crippen molar-refractivity contribution in [3.8, 4) is 0 Å². The zero-order valence-corrected chi connectivity index (χ0v) is 11.4. The minimum absolute atomic E-state index is 0.0985.